The van der Waals surface area contributed by atoms with Crippen molar-refractivity contribution in [2.75, 3.05) is 11.3 Å². The fourth-order valence-electron chi connectivity index (χ4n) is 3.44. The zero-order valence-corrected chi connectivity index (χ0v) is 18.6. The van der Waals surface area contributed by atoms with Gasteiger partial charge in [-0.15, -0.1) is 0 Å². The highest BCUT2D eigenvalue weighted by atomic mass is 32.2. The summed E-state index contributed by atoms with van der Waals surface area (Å²) in [5.41, 5.74) is 2.84. The van der Waals surface area contributed by atoms with Crippen LogP contribution in [0.15, 0.2) is 45.7 Å². The molecule has 0 aliphatic heterocycles. The van der Waals surface area contributed by atoms with Gasteiger partial charge in [0, 0.05) is 11.1 Å². The van der Waals surface area contributed by atoms with Gasteiger partial charge < -0.3 is 9.15 Å². The lowest BCUT2D eigenvalue weighted by molar-refractivity contribution is 0.0498. The summed E-state index contributed by atoms with van der Waals surface area (Å²) in [6, 6.07) is 10.0. The zero-order valence-electron chi connectivity index (χ0n) is 17.7. The van der Waals surface area contributed by atoms with E-state index in [4.69, 9.17) is 9.15 Å². The topological polar surface area (TPSA) is 85.6 Å². The van der Waals surface area contributed by atoms with Gasteiger partial charge in [0.2, 0.25) is 0 Å². The first-order valence-corrected chi connectivity index (χ1v) is 11.5. The van der Waals surface area contributed by atoms with Gasteiger partial charge >= 0.3 is 5.97 Å². The van der Waals surface area contributed by atoms with Crippen LogP contribution in [0.1, 0.15) is 53.4 Å². The Morgan fingerprint density at radius 1 is 1.07 bits per heavy atom. The zero-order chi connectivity index (χ0) is 21.9. The summed E-state index contributed by atoms with van der Waals surface area (Å²) in [6.07, 6.45) is 2.83. The quantitative estimate of drug-likeness (QED) is 0.377. The predicted octanol–water partition coefficient (Wildman–Crippen LogP) is 5.51. The molecule has 0 bridgehead atoms. The third-order valence-corrected chi connectivity index (χ3v) is 6.46. The number of carbonyl (C=O) groups is 1. The summed E-state index contributed by atoms with van der Waals surface area (Å²) in [5, 5.41) is 0.522. The fourth-order valence-corrected chi connectivity index (χ4v) is 4.71. The molecular weight excluding hydrogens is 402 g/mol. The number of rotatable bonds is 8. The second-order valence-corrected chi connectivity index (χ2v) is 9.11. The molecule has 2 aromatic carbocycles. The number of anilines is 1. The molecule has 0 amide bonds. The molecule has 0 fully saturated rings. The van der Waals surface area contributed by atoms with E-state index in [9.17, 15) is 13.2 Å². The largest absolute Gasteiger partial charge is 0.462 e. The molecule has 0 saturated carbocycles. The first-order valence-electron chi connectivity index (χ1n) is 10.0. The lowest BCUT2D eigenvalue weighted by Crippen LogP contribution is -2.14. The smallest absolute Gasteiger partial charge is 0.342 e. The van der Waals surface area contributed by atoms with Crippen LogP contribution >= 0.6 is 0 Å². The maximum atomic E-state index is 12.9. The lowest BCUT2D eigenvalue weighted by Gasteiger charge is -2.11. The second kappa shape index (κ2) is 8.92. The Balaban J connectivity index is 1.90. The van der Waals surface area contributed by atoms with Crippen molar-refractivity contribution in [1.82, 2.24) is 0 Å². The van der Waals surface area contributed by atoms with Gasteiger partial charge in [0.1, 0.15) is 16.9 Å². The van der Waals surface area contributed by atoms with E-state index in [1.165, 1.54) is 0 Å². The summed E-state index contributed by atoms with van der Waals surface area (Å²) >= 11 is 0. The van der Waals surface area contributed by atoms with Gasteiger partial charge in [-0.1, -0.05) is 37.5 Å². The Morgan fingerprint density at radius 2 is 1.83 bits per heavy atom. The number of ether oxygens (including phenoxy) is 1. The third-order valence-electron chi connectivity index (χ3n) is 4.92. The van der Waals surface area contributed by atoms with Gasteiger partial charge in [-0.25, -0.2) is 13.2 Å². The maximum absolute atomic E-state index is 12.9. The fraction of sp³-hybridized carbons (Fsp3) is 0.348. The van der Waals surface area contributed by atoms with Crippen LogP contribution in [0, 0.1) is 20.8 Å². The number of esters is 1. The molecule has 1 N–H and O–H groups in total. The SMILES string of the molecule is CCCCCOC(=O)c1c(C)oc2ccc(NS(=O)(=O)c3ccc(C)cc3C)cc12. The van der Waals surface area contributed by atoms with Gasteiger partial charge in [0.05, 0.1) is 11.5 Å². The number of carbonyl (C=O) groups excluding carboxylic acids is 1. The minimum atomic E-state index is -3.77. The number of furan rings is 1. The molecule has 160 valence electrons. The highest BCUT2D eigenvalue weighted by Crippen LogP contribution is 2.30. The molecule has 7 heteroatoms. The monoisotopic (exact) mass is 429 g/mol. The van der Waals surface area contributed by atoms with Crippen molar-refractivity contribution in [3.05, 3.63) is 58.8 Å². The van der Waals surface area contributed by atoms with E-state index >= 15 is 0 Å². The third kappa shape index (κ3) is 4.67. The molecule has 0 atom stereocenters. The summed E-state index contributed by atoms with van der Waals surface area (Å²) in [7, 11) is -3.77. The molecule has 0 saturated heterocycles. The van der Waals surface area contributed by atoms with E-state index in [-0.39, 0.29) is 4.90 Å². The number of sulfonamides is 1. The summed E-state index contributed by atoms with van der Waals surface area (Å²) in [5.74, 6) is -0.0170. The van der Waals surface area contributed by atoms with Crippen molar-refractivity contribution in [2.45, 2.75) is 51.9 Å². The van der Waals surface area contributed by atoms with Crippen LogP contribution in [0.25, 0.3) is 11.0 Å². The Kier molecular flexibility index (Phi) is 6.51. The van der Waals surface area contributed by atoms with E-state index in [0.717, 1.165) is 24.8 Å². The van der Waals surface area contributed by atoms with Gasteiger partial charge in [0.25, 0.3) is 10.0 Å². The molecule has 3 rings (SSSR count). The van der Waals surface area contributed by atoms with E-state index in [2.05, 4.69) is 11.6 Å². The summed E-state index contributed by atoms with van der Waals surface area (Å²) < 4.78 is 39.4. The molecule has 1 aromatic heterocycles. The van der Waals surface area contributed by atoms with Crippen molar-refractivity contribution in [1.29, 1.82) is 0 Å². The lowest BCUT2D eigenvalue weighted by atomic mass is 10.1. The first-order chi connectivity index (χ1) is 14.2. The highest BCUT2D eigenvalue weighted by molar-refractivity contribution is 7.92. The normalized spacial score (nSPS) is 11.6. The molecule has 0 aliphatic rings. The molecule has 6 nitrogen and oxygen atoms in total. The Labute approximate surface area is 177 Å². The minimum absolute atomic E-state index is 0.215. The number of hydrogen-bond acceptors (Lipinski definition) is 5. The van der Waals surface area contributed by atoms with Crippen LogP contribution in [0.3, 0.4) is 0 Å². The Morgan fingerprint density at radius 3 is 2.53 bits per heavy atom. The minimum Gasteiger partial charge on any atom is -0.462 e. The van der Waals surface area contributed by atoms with Crippen molar-refractivity contribution >= 4 is 32.6 Å². The summed E-state index contributed by atoms with van der Waals surface area (Å²) in [4.78, 5) is 12.8. The maximum Gasteiger partial charge on any atom is 0.342 e. The van der Waals surface area contributed by atoms with Crippen LogP contribution in [0.4, 0.5) is 5.69 Å². The van der Waals surface area contributed by atoms with Crippen LogP contribution in [0.5, 0.6) is 0 Å². The number of benzene rings is 2. The van der Waals surface area contributed by atoms with Crippen molar-refractivity contribution in [3.63, 3.8) is 0 Å². The van der Waals surface area contributed by atoms with Crippen molar-refractivity contribution in [3.8, 4) is 0 Å². The van der Waals surface area contributed by atoms with Gasteiger partial charge in [-0.2, -0.15) is 0 Å². The number of fused-ring (bicyclic) bond motifs is 1. The van der Waals surface area contributed by atoms with Crippen LogP contribution in [0.2, 0.25) is 0 Å². The Bertz CT molecular complexity index is 1180. The van der Waals surface area contributed by atoms with Crippen molar-refractivity contribution < 1.29 is 22.4 Å². The molecule has 0 spiro atoms. The first kappa shape index (κ1) is 21.9. The predicted molar refractivity (Wildman–Crippen MR) is 117 cm³/mol. The molecule has 0 radical (unpaired) electrons. The average Bonchev–Trinajstić information content (AvgIpc) is 2.99. The number of nitrogens with one attached hydrogen (secondary N) is 1. The van der Waals surface area contributed by atoms with Gasteiger partial charge in [-0.3, -0.25) is 4.72 Å². The van der Waals surface area contributed by atoms with Crippen LogP contribution in [-0.2, 0) is 14.8 Å². The number of aryl methyl sites for hydroxylation is 3. The standard InChI is InChI=1S/C23H27NO5S/c1-5-6-7-12-28-23(25)22-17(4)29-20-10-9-18(14-19(20)22)24-30(26,27)21-11-8-15(2)13-16(21)3/h8-11,13-14,24H,5-7,12H2,1-4H3. The average molecular weight is 430 g/mol. The van der Waals surface area contributed by atoms with Crippen molar-refractivity contribution in [2.24, 2.45) is 0 Å². The molecule has 30 heavy (non-hydrogen) atoms. The Hall–Kier alpha value is -2.80. The van der Waals surface area contributed by atoms with Crippen LogP contribution < -0.4 is 4.72 Å². The van der Waals surface area contributed by atoms with Crippen LogP contribution in [-0.4, -0.2) is 21.0 Å². The molecule has 0 unspecified atom stereocenters. The molecule has 3 aromatic rings. The van der Waals surface area contributed by atoms with Gasteiger partial charge in [0.15, 0.2) is 0 Å². The van der Waals surface area contributed by atoms with E-state index < -0.39 is 16.0 Å². The van der Waals surface area contributed by atoms with Gasteiger partial charge in [-0.05, 0) is 57.0 Å². The van der Waals surface area contributed by atoms with E-state index in [1.54, 1.807) is 44.2 Å². The van der Waals surface area contributed by atoms with E-state index in [1.807, 2.05) is 13.0 Å². The number of hydrogen-bond donors (Lipinski definition) is 1. The number of unbranched alkanes of at least 4 members (excludes halogenated alkanes) is 2. The molecule has 1 heterocycles. The highest BCUT2D eigenvalue weighted by Gasteiger charge is 2.22. The molecular formula is C23H27NO5S. The second-order valence-electron chi connectivity index (χ2n) is 7.46. The molecule has 0 aliphatic carbocycles. The summed E-state index contributed by atoms with van der Waals surface area (Å²) in [6.45, 7) is 7.79. The van der Waals surface area contributed by atoms with E-state index in [0.29, 0.717) is 40.2 Å².